The van der Waals surface area contributed by atoms with Gasteiger partial charge in [-0.05, 0) is 25.0 Å². The van der Waals surface area contributed by atoms with E-state index in [4.69, 9.17) is 9.47 Å². The van der Waals surface area contributed by atoms with Gasteiger partial charge in [0.15, 0.2) is 0 Å². The normalized spacial score (nSPS) is 9.18. The zero-order valence-corrected chi connectivity index (χ0v) is 13.8. The van der Waals surface area contributed by atoms with Gasteiger partial charge >= 0.3 is 0 Å². The summed E-state index contributed by atoms with van der Waals surface area (Å²) < 4.78 is 11.4. The molecule has 0 saturated heterocycles. The first-order chi connectivity index (χ1) is 10.9. The second kappa shape index (κ2) is 12.7. The highest BCUT2D eigenvalue weighted by atomic mass is 16.5. The maximum Gasteiger partial charge on any atom is 0.122 e. The average molecular weight is 298 g/mol. The van der Waals surface area contributed by atoms with Crippen LogP contribution in [-0.4, -0.2) is 13.2 Å². The van der Waals surface area contributed by atoms with Crippen LogP contribution in [0.15, 0.2) is 24.3 Å². The molecule has 0 heterocycles. The van der Waals surface area contributed by atoms with Crippen LogP contribution >= 0.6 is 0 Å². The van der Waals surface area contributed by atoms with Crippen LogP contribution in [0, 0.1) is 23.7 Å². The minimum Gasteiger partial charge on any atom is -0.493 e. The van der Waals surface area contributed by atoms with Crippen molar-refractivity contribution in [1.29, 1.82) is 0 Å². The highest BCUT2D eigenvalue weighted by Gasteiger charge is 1.98. The Morgan fingerprint density at radius 2 is 1.27 bits per heavy atom. The monoisotopic (exact) mass is 298 g/mol. The van der Waals surface area contributed by atoms with Gasteiger partial charge in [0.25, 0.3) is 0 Å². The molecule has 0 fully saturated rings. The summed E-state index contributed by atoms with van der Waals surface area (Å²) in [5, 5.41) is 0. The molecule has 0 atom stereocenters. The van der Waals surface area contributed by atoms with Crippen molar-refractivity contribution in [3.63, 3.8) is 0 Å². The van der Waals surface area contributed by atoms with Crippen LogP contribution in [0.5, 0.6) is 11.5 Å². The Labute approximate surface area is 135 Å². The summed E-state index contributed by atoms with van der Waals surface area (Å²) in [5.74, 6) is 14.1. The molecule has 0 unspecified atom stereocenters. The van der Waals surface area contributed by atoms with E-state index < -0.39 is 0 Å². The third-order valence-corrected chi connectivity index (χ3v) is 2.84. The Morgan fingerprint density at radius 1 is 0.773 bits per heavy atom. The molecule has 0 radical (unpaired) electrons. The zero-order chi connectivity index (χ0) is 15.9. The number of rotatable bonds is 8. The predicted molar refractivity (Wildman–Crippen MR) is 92.0 cm³/mol. The first-order valence-electron chi connectivity index (χ1n) is 8.14. The molecule has 0 spiro atoms. The molecule has 0 saturated carbocycles. The lowest BCUT2D eigenvalue weighted by atomic mass is 10.3. The third kappa shape index (κ3) is 8.98. The smallest absolute Gasteiger partial charge is 0.122 e. The fraction of sp³-hybridized carbons (Fsp3) is 0.500. The molecule has 118 valence electrons. The van der Waals surface area contributed by atoms with Crippen molar-refractivity contribution in [2.24, 2.45) is 0 Å². The van der Waals surface area contributed by atoms with E-state index in [0.29, 0.717) is 13.2 Å². The summed E-state index contributed by atoms with van der Waals surface area (Å²) in [6.07, 6.45) is 5.53. The van der Waals surface area contributed by atoms with Crippen LogP contribution in [0.1, 0.15) is 52.4 Å². The van der Waals surface area contributed by atoms with Crippen molar-refractivity contribution in [2.45, 2.75) is 52.4 Å². The van der Waals surface area contributed by atoms with E-state index in [1.807, 2.05) is 24.3 Å². The summed E-state index contributed by atoms with van der Waals surface area (Å²) in [6.45, 7) is 5.50. The quantitative estimate of drug-likeness (QED) is 0.505. The summed E-state index contributed by atoms with van der Waals surface area (Å²) in [6, 6.07) is 7.81. The highest BCUT2D eigenvalue weighted by Crippen LogP contribution is 2.19. The number of hydrogen-bond donors (Lipinski definition) is 0. The van der Waals surface area contributed by atoms with E-state index in [0.717, 1.165) is 50.0 Å². The topological polar surface area (TPSA) is 18.5 Å². The molecule has 1 rings (SSSR count). The van der Waals surface area contributed by atoms with Gasteiger partial charge in [0, 0.05) is 31.7 Å². The molecule has 0 amide bonds. The molecule has 1 aromatic carbocycles. The van der Waals surface area contributed by atoms with Crippen LogP contribution in [0.2, 0.25) is 0 Å². The summed E-state index contributed by atoms with van der Waals surface area (Å²) >= 11 is 0. The van der Waals surface area contributed by atoms with Gasteiger partial charge in [-0.3, -0.25) is 0 Å². The van der Waals surface area contributed by atoms with Gasteiger partial charge in [-0.1, -0.05) is 19.9 Å². The number of unbranched alkanes of at least 4 members (excludes halogenated alkanes) is 2. The zero-order valence-electron chi connectivity index (χ0n) is 13.8. The van der Waals surface area contributed by atoms with Gasteiger partial charge in [-0.15, -0.1) is 23.7 Å². The predicted octanol–water partition coefficient (Wildman–Crippen LogP) is 4.83. The fourth-order valence-electron chi connectivity index (χ4n) is 1.78. The van der Waals surface area contributed by atoms with Crippen molar-refractivity contribution in [1.82, 2.24) is 0 Å². The van der Waals surface area contributed by atoms with Crippen molar-refractivity contribution in [3.05, 3.63) is 24.3 Å². The molecule has 0 bridgehead atoms. The van der Waals surface area contributed by atoms with Gasteiger partial charge in [0.1, 0.15) is 11.5 Å². The van der Waals surface area contributed by atoms with E-state index in [1.165, 1.54) is 0 Å². The van der Waals surface area contributed by atoms with E-state index in [1.54, 1.807) is 0 Å². The molecule has 0 aliphatic heterocycles. The van der Waals surface area contributed by atoms with E-state index in [-0.39, 0.29) is 0 Å². The summed E-state index contributed by atoms with van der Waals surface area (Å²) in [4.78, 5) is 0. The maximum atomic E-state index is 5.72. The molecule has 0 aliphatic carbocycles. The Bertz CT molecular complexity index is 481. The first-order valence-corrected chi connectivity index (χ1v) is 8.14. The average Bonchev–Trinajstić information content (AvgIpc) is 2.54. The lowest BCUT2D eigenvalue weighted by molar-refractivity contribution is 0.297. The molecule has 0 aromatic heterocycles. The largest absolute Gasteiger partial charge is 0.493 e. The fourth-order valence-corrected chi connectivity index (χ4v) is 1.78. The Kier molecular flexibility index (Phi) is 10.4. The van der Waals surface area contributed by atoms with Crippen molar-refractivity contribution >= 4 is 0 Å². The van der Waals surface area contributed by atoms with Crippen molar-refractivity contribution in [2.75, 3.05) is 13.2 Å². The summed E-state index contributed by atoms with van der Waals surface area (Å²) in [7, 11) is 0. The second-order valence-corrected chi connectivity index (χ2v) is 4.79. The van der Waals surface area contributed by atoms with Crippen LogP contribution < -0.4 is 9.47 Å². The Morgan fingerprint density at radius 3 is 1.73 bits per heavy atom. The maximum absolute atomic E-state index is 5.72. The minimum atomic E-state index is 0.689. The van der Waals surface area contributed by atoms with Gasteiger partial charge < -0.3 is 9.47 Å². The van der Waals surface area contributed by atoms with E-state index in [2.05, 4.69) is 37.5 Å². The van der Waals surface area contributed by atoms with Crippen LogP contribution in [0.25, 0.3) is 0 Å². The first kappa shape index (κ1) is 18.0. The third-order valence-electron chi connectivity index (χ3n) is 2.84. The highest BCUT2D eigenvalue weighted by molar-refractivity contribution is 5.32. The van der Waals surface area contributed by atoms with Crippen molar-refractivity contribution < 1.29 is 9.47 Å². The second-order valence-electron chi connectivity index (χ2n) is 4.79. The summed E-state index contributed by atoms with van der Waals surface area (Å²) in [5.41, 5.74) is 0. The molecule has 0 aliphatic rings. The number of hydrogen-bond acceptors (Lipinski definition) is 2. The molecule has 2 nitrogen and oxygen atoms in total. The van der Waals surface area contributed by atoms with Crippen LogP contribution in [-0.2, 0) is 0 Å². The Balaban J connectivity index is 2.24. The lowest BCUT2D eigenvalue weighted by Gasteiger charge is -2.08. The van der Waals surface area contributed by atoms with Crippen LogP contribution in [0.3, 0.4) is 0 Å². The molecule has 2 heteroatoms. The van der Waals surface area contributed by atoms with E-state index in [9.17, 15) is 0 Å². The van der Waals surface area contributed by atoms with Gasteiger partial charge in [0.05, 0.1) is 13.2 Å². The SMILES string of the molecule is CCC#CCCCOc1cccc(OCCCC#CCC)c1. The molecular formula is C20H26O2. The minimum absolute atomic E-state index is 0.689. The molecule has 1 aromatic rings. The number of benzene rings is 1. The number of ether oxygens (including phenoxy) is 2. The van der Waals surface area contributed by atoms with E-state index >= 15 is 0 Å². The Hall–Kier alpha value is -2.06. The molecule has 0 N–H and O–H groups in total. The lowest BCUT2D eigenvalue weighted by Crippen LogP contribution is -1.99. The van der Waals surface area contributed by atoms with Crippen molar-refractivity contribution in [3.8, 4) is 35.2 Å². The molecule has 22 heavy (non-hydrogen) atoms. The standard InChI is InChI=1S/C20H26O2/c1-3-5-7-9-11-16-21-19-14-13-15-20(18-19)22-17-12-10-8-6-4-2/h13-15,18H,3-4,9-12,16-17H2,1-2H3. The van der Waals surface area contributed by atoms with Gasteiger partial charge in [-0.25, -0.2) is 0 Å². The van der Waals surface area contributed by atoms with Gasteiger partial charge in [-0.2, -0.15) is 0 Å². The molecular weight excluding hydrogens is 272 g/mol. The van der Waals surface area contributed by atoms with Gasteiger partial charge in [0.2, 0.25) is 0 Å². The van der Waals surface area contributed by atoms with Crippen LogP contribution in [0.4, 0.5) is 0 Å².